The third-order valence-corrected chi connectivity index (χ3v) is 4.92. The highest BCUT2D eigenvalue weighted by Crippen LogP contribution is 2.25. The number of nitrogens with zero attached hydrogens (tertiary/aromatic N) is 1. The first kappa shape index (κ1) is 19.6. The van der Waals surface area contributed by atoms with Crippen LogP contribution in [0.5, 0.6) is 0 Å². The van der Waals surface area contributed by atoms with Gasteiger partial charge in [0.25, 0.3) is 5.91 Å². The van der Waals surface area contributed by atoms with Gasteiger partial charge in [0.1, 0.15) is 5.69 Å². The molecule has 0 fully saturated rings. The second-order valence-electron chi connectivity index (χ2n) is 6.87. The molecule has 0 aliphatic carbocycles. The number of halogens is 1. The van der Waals surface area contributed by atoms with Crippen molar-refractivity contribution >= 4 is 29.0 Å². The molecule has 5 nitrogen and oxygen atoms in total. The van der Waals surface area contributed by atoms with Gasteiger partial charge in [0, 0.05) is 21.7 Å². The Hall–Kier alpha value is -3.70. The lowest BCUT2D eigenvalue weighted by molar-refractivity contribution is 0.102. The second-order valence-corrected chi connectivity index (χ2v) is 7.31. The molecule has 1 amide bonds. The van der Waals surface area contributed by atoms with Crippen LogP contribution in [0.3, 0.4) is 0 Å². The van der Waals surface area contributed by atoms with E-state index in [1.165, 1.54) is 0 Å². The number of amides is 1. The molecular formula is C24H18ClN3O2. The van der Waals surface area contributed by atoms with Crippen molar-refractivity contribution in [2.24, 2.45) is 0 Å². The van der Waals surface area contributed by atoms with E-state index in [2.05, 4.69) is 15.5 Å². The van der Waals surface area contributed by atoms with Crippen LogP contribution >= 0.6 is 11.6 Å². The number of anilines is 1. The van der Waals surface area contributed by atoms with Crippen molar-refractivity contribution in [2.45, 2.75) is 6.92 Å². The number of aromatic nitrogens is 2. The number of H-pyrrole nitrogens is 1. The molecule has 1 aromatic heterocycles. The van der Waals surface area contributed by atoms with Crippen molar-refractivity contribution < 1.29 is 9.59 Å². The van der Waals surface area contributed by atoms with E-state index in [0.717, 1.165) is 11.1 Å². The lowest BCUT2D eigenvalue weighted by Crippen LogP contribution is -2.15. The van der Waals surface area contributed by atoms with Crippen LogP contribution in [0.25, 0.3) is 11.3 Å². The summed E-state index contributed by atoms with van der Waals surface area (Å²) >= 11 is 6.10. The smallest absolute Gasteiger partial charge is 0.273 e. The summed E-state index contributed by atoms with van der Waals surface area (Å²) in [6.07, 6.45) is 0. The first-order valence-electron chi connectivity index (χ1n) is 9.34. The van der Waals surface area contributed by atoms with Crippen LogP contribution in [0, 0.1) is 6.92 Å². The zero-order valence-corrected chi connectivity index (χ0v) is 16.9. The van der Waals surface area contributed by atoms with Crippen LogP contribution in [-0.2, 0) is 0 Å². The molecule has 6 heteroatoms. The molecular weight excluding hydrogens is 398 g/mol. The maximum atomic E-state index is 12.9. The topological polar surface area (TPSA) is 74.8 Å². The van der Waals surface area contributed by atoms with Gasteiger partial charge in [-0.1, -0.05) is 71.8 Å². The van der Waals surface area contributed by atoms with Crippen LogP contribution in [0.2, 0.25) is 5.02 Å². The van der Waals surface area contributed by atoms with Crippen LogP contribution in [0.1, 0.15) is 32.0 Å². The summed E-state index contributed by atoms with van der Waals surface area (Å²) in [5.41, 5.74) is 4.21. The summed E-state index contributed by atoms with van der Waals surface area (Å²) in [4.78, 5) is 25.7. The predicted octanol–water partition coefficient (Wildman–Crippen LogP) is 5.52. The fourth-order valence-corrected chi connectivity index (χ4v) is 3.23. The average Bonchev–Trinajstić information content (AvgIpc) is 3.26. The Balaban J connectivity index is 1.60. The van der Waals surface area contributed by atoms with Gasteiger partial charge < -0.3 is 5.32 Å². The van der Waals surface area contributed by atoms with Crippen LogP contribution < -0.4 is 5.32 Å². The van der Waals surface area contributed by atoms with Crippen molar-refractivity contribution in [3.63, 3.8) is 0 Å². The lowest BCUT2D eigenvalue weighted by atomic mass is 10.0. The third kappa shape index (κ3) is 4.16. The van der Waals surface area contributed by atoms with Crippen LogP contribution in [0.4, 0.5) is 5.69 Å². The standard InChI is InChI=1S/C24H18ClN3O2/c1-15-7-9-16(10-8-15)21-14-22(28-27-21)24(30)26-20-12-11-18(25)13-19(20)23(29)17-5-3-2-4-6-17/h2-14H,1H3,(H,26,30)(H,27,28). The predicted molar refractivity (Wildman–Crippen MR) is 118 cm³/mol. The number of aromatic amines is 1. The molecule has 148 valence electrons. The van der Waals surface area contributed by atoms with Crippen molar-refractivity contribution in [2.75, 3.05) is 5.32 Å². The molecule has 30 heavy (non-hydrogen) atoms. The molecule has 4 aromatic rings. The first-order valence-corrected chi connectivity index (χ1v) is 9.72. The first-order chi connectivity index (χ1) is 14.5. The second kappa shape index (κ2) is 8.35. The Bertz CT molecular complexity index is 1210. The van der Waals surface area contributed by atoms with Gasteiger partial charge in [-0.3, -0.25) is 14.7 Å². The van der Waals surface area contributed by atoms with E-state index in [9.17, 15) is 9.59 Å². The van der Waals surface area contributed by atoms with Gasteiger partial charge in [0.05, 0.1) is 11.4 Å². The Morgan fingerprint density at radius 2 is 1.67 bits per heavy atom. The third-order valence-electron chi connectivity index (χ3n) is 4.68. The summed E-state index contributed by atoms with van der Waals surface area (Å²) < 4.78 is 0. The van der Waals surface area contributed by atoms with E-state index in [1.54, 1.807) is 48.5 Å². The number of benzene rings is 3. The maximum absolute atomic E-state index is 12.9. The molecule has 4 rings (SSSR count). The van der Waals surface area contributed by atoms with E-state index in [4.69, 9.17) is 11.6 Å². The Morgan fingerprint density at radius 3 is 2.40 bits per heavy atom. The van der Waals surface area contributed by atoms with E-state index < -0.39 is 5.91 Å². The largest absolute Gasteiger partial charge is 0.320 e. The molecule has 0 radical (unpaired) electrons. The fourth-order valence-electron chi connectivity index (χ4n) is 3.06. The van der Waals surface area contributed by atoms with Gasteiger partial charge in [-0.15, -0.1) is 0 Å². The molecule has 2 N–H and O–H groups in total. The lowest BCUT2D eigenvalue weighted by Gasteiger charge is -2.10. The minimum Gasteiger partial charge on any atom is -0.320 e. The zero-order chi connectivity index (χ0) is 21.1. The molecule has 0 unspecified atom stereocenters. The number of rotatable bonds is 5. The molecule has 3 aromatic carbocycles. The van der Waals surface area contributed by atoms with Crippen LogP contribution in [-0.4, -0.2) is 21.9 Å². The van der Waals surface area contributed by atoms with Gasteiger partial charge in [-0.05, 0) is 31.2 Å². The minimum absolute atomic E-state index is 0.224. The highest BCUT2D eigenvalue weighted by Gasteiger charge is 2.18. The fraction of sp³-hybridized carbons (Fsp3) is 0.0417. The quantitative estimate of drug-likeness (QED) is 0.421. The molecule has 0 spiro atoms. The summed E-state index contributed by atoms with van der Waals surface area (Å²) in [7, 11) is 0. The molecule has 1 heterocycles. The molecule has 0 atom stereocenters. The summed E-state index contributed by atoms with van der Waals surface area (Å²) in [5.74, 6) is -0.622. The average molecular weight is 416 g/mol. The highest BCUT2D eigenvalue weighted by atomic mass is 35.5. The number of ketones is 1. The monoisotopic (exact) mass is 415 g/mol. The molecule has 0 bridgehead atoms. The minimum atomic E-state index is -0.398. The van der Waals surface area contributed by atoms with E-state index in [0.29, 0.717) is 33.2 Å². The Morgan fingerprint density at radius 1 is 0.933 bits per heavy atom. The summed E-state index contributed by atoms with van der Waals surface area (Å²) in [5, 5.41) is 10.2. The summed E-state index contributed by atoms with van der Waals surface area (Å²) in [6.45, 7) is 2.01. The van der Waals surface area contributed by atoms with Gasteiger partial charge in [0.15, 0.2) is 5.78 Å². The number of nitrogens with one attached hydrogen (secondary N) is 2. The van der Waals surface area contributed by atoms with E-state index >= 15 is 0 Å². The van der Waals surface area contributed by atoms with Crippen molar-refractivity contribution in [1.29, 1.82) is 0 Å². The maximum Gasteiger partial charge on any atom is 0.273 e. The van der Waals surface area contributed by atoms with Gasteiger partial charge in [-0.2, -0.15) is 5.10 Å². The molecule has 0 aliphatic rings. The summed E-state index contributed by atoms with van der Waals surface area (Å²) in [6, 6.07) is 23.2. The van der Waals surface area contributed by atoms with Crippen molar-refractivity contribution in [3.8, 4) is 11.3 Å². The van der Waals surface area contributed by atoms with Crippen molar-refractivity contribution in [1.82, 2.24) is 10.2 Å². The number of carbonyl (C=O) groups is 2. The molecule has 0 aliphatic heterocycles. The zero-order valence-electron chi connectivity index (χ0n) is 16.1. The van der Waals surface area contributed by atoms with Crippen LogP contribution in [0.15, 0.2) is 78.9 Å². The van der Waals surface area contributed by atoms with Gasteiger partial charge in [0.2, 0.25) is 0 Å². The SMILES string of the molecule is Cc1ccc(-c2cc(C(=O)Nc3ccc(Cl)cc3C(=O)c3ccccc3)[nH]n2)cc1. The number of hydrogen-bond donors (Lipinski definition) is 2. The highest BCUT2D eigenvalue weighted by molar-refractivity contribution is 6.31. The number of hydrogen-bond acceptors (Lipinski definition) is 3. The van der Waals surface area contributed by atoms with Gasteiger partial charge >= 0.3 is 0 Å². The Kier molecular flexibility index (Phi) is 5.46. The van der Waals surface area contributed by atoms with Gasteiger partial charge in [-0.25, -0.2) is 0 Å². The number of carbonyl (C=O) groups excluding carboxylic acids is 2. The Labute approximate surface area is 178 Å². The molecule has 0 saturated heterocycles. The van der Waals surface area contributed by atoms with E-state index in [1.807, 2.05) is 37.3 Å². The normalized spacial score (nSPS) is 10.6. The number of aryl methyl sites for hydroxylation is 1. The molecule has 0 saturated carbocycles. The van der Waals surface area contributed by atoms with Crippen molar-refractivity contribution in [3.05, 3.63) is 106 Å². The van der Waals surface area contributed by atoms with E-state index in [-0.39, 0.29) is 5.78 Å².